The first-order valence-corrected chi connectivity index (χ1v) is 11.3. The molecule has 3 aliphatic rings. The lowest BCUT2D eigenvalue weighted by Crippen LogP contribution is -2.49. The number of nitrogens with zero attached hydrogens (tertiary/aromatic N) is 5. The Kier molecular flexibility index (Phi) is 5.29. The topological polar surface area (TPSA) is 85.0 Å². The van der Waals surface area contributed by atoms with Crippen LogP contribution >= 0.6 is 0 Å². The van der Waals surface area contributed by atoms with Crippen LogP contribution in [0.4, 0.5) is 0 Å². The third-order valence-electron chi connectivity index (χ3n) is 6.62. The molecule has 0 atom stereocenters. The molecule has 2 aromatic rings. The molecule has 0 bridgehead atoms. The second kappa shape index (κ2) is 8.20. The molecule has 0 spiro atoms. The van der Waals surface area contributed by atoms with Crippen molar-refractivity contribution in [2.24, 2.45) is 0 Å². The third kappa shape index (κ3) is 4.05. The molecule has 3 aliphatic carbocycles. The van der Waals surface area contributed by atoms with Crippen molar-refractivity contribution in [2.75, 3.05) is 0 Å². The molecule has 0 unspecified atom stereocenters. The molecule has 3 saturated carbocycles. The van der Waals surface area contributed by atoms with Crippen LogP contribution in [-0.2, 0) is 0 Å². The van der Waals surface area contributed by atoms with Crippen molar-refractivity contribution in [3.8, 4) is 11.6 Å². The van der Waals surface area contributed by atoms with E-state index in [0.29, 0.717) is 29.6 Å². The fourth-order valence-corrected chi connectivity index (χ4v) is 4.91. The molecule has 29 heavy (non-hydrogen) atoms. The van der Waals surface area contributed by atoms with Crippen LogP contribution in [-0.4, -0.2) is 43.0 Å². The summed E-state index contributed by atoms with van der Waals surface area (Å²) in [4.78, 5) is 29.0. The standard InChI is InChI=1S/C22H29N5O2/c28-22(27(16-7-3-1-4-8-16)17-9-5-2-6-10-17)20-25-21(29-26-20)18-13-14-23-19(24-18)15-11-12-15/h13-17H,1-12H2. The van der Waals surface area contributed by atoms with Crippen LogP contribution in [0.3, 0.4) is 0 Å². The number of rotatable bonds is 5. The summed E-state index contributed by atoms with van der Waals surface area (Å²) in [6.07, 6.45) is 15.7. The van der Waals surface area contributed by atoms with Gasteiger partial charge in [-0.05, 0) is 44.6 Å². The zero-order valence-electron chi connectivity index (χ0n) is 16.9. The second-order valence-corrected chi connectivity index (χ2v) is 8.79. The quantitative estimate of drug-likeness (QED) is 0.740. The zero-order chi connectivity index (χ0) is 19.6. The van der Waals surface area contributed by atoms with Gasteiger partial charge in [0.25, 0.3) is 17.6 Å². The van der Waals surface area contributed by atoms with Crippen LogP contribution in [0, 0.1) is 0 Å². The highest BCUT2D eigenvalue weighted by Crippen LogP contribution is 2.38. The molecule has 0 N–H and O–H groups in total. The highest BCUT2D eigenvalue weighted by Gasteiger charge is 2.35. The number of hydrogen-bond acceptors (Lipinski definition) is 6. The van der Waals surface area contributed by atoms with Gasteiger partial charge >= 0.3 is 0 Å². The maximum absolute atomic E-state index is 13.5. The molecular formula is C22H29N5O2. The highest BCUT2D eigenvalue weighted by molar-refractivity contribution is 5.91. The van der Waals surface area contributed by atoms with E-state index in [-0.39, 0.29) is 11.7 Å². The monoisotopic (exact) mass is 395 g/mol. The maximum Gasteiger partial charge on any atom is 0.295 e. The van der Waals surface area contributed by atoms with Crippen LogP contribution in [0.2, 0.25) is 0 Å². The number of amides is 1. The fraction of sp³-hybridized carbons (Fsp3) is 0.682. The average molecular weight is 396 g/mol. The van der Waals surface area contributed by atoms with Gasteiger partial charge < -0.3 is 9.42 Å². The Morgan fingerprint density at radius 3 is 2.17 bits per heavy atom. The molecule has 7 nitrogen and oxygen atoms in total. The molecular weight excluding hydrogens is 366 g/mol. The Labute approximate surface area is 171 Å². The lowest BCUT2D eigenvalue weighted by Gasteiger charge is -2.41. The van der Waals surface area contributed by atoms with E-state index in [1.165, 1.54) is 38.5 Å². The van der Waals surface area contributed by atoms with Gasteiger partial charge in [-0.25, -0.2) is 9.97 Å². The number of carbonyl (C=O) groups excluding carboxylic acids is 1. The normalized spacial score (nSPS) is 21.2. The lowest BCUT2D eigenvalue weighted by atomic mass is 9.88. The van der Waals surface area contributed by atoms with Crippen LogP contribution in [0.1, 0.15) is 99.4 Å². The Bertz CT molecular complexity index is 832. The van der Waals surface area contributed by atoms with Crippen molar-refractivity contribution in [3.05, 3.63) is 23.9 Å². The van der Waals surface area contributed by atoms with Crippen LogP contribution < -0.4 is 0 Å². The molecule has 0 radical (unpaired) electrons. The minimum atomic E-state index is -0.0738. The van der Waals surface area contributed by atoms with E-state index in [4.69, 9.17) is 4.52 Å². The molecule has 7 heteroatoms. The van der Waals surface area contributed by atoms with E-state index in [9.17, 15) is 4.79 Å². The highest BCUT2D eigenvalue weighted by atomic mass is 16.5. The zero-order valence-corrected chi connectivity index (χ0v) is 16.9. The van der Waals surface area contributed by atoms with Crippen LogP contribution in [0.25, 0.3) is 11.6 Å². The lowest BCUT2D eigenvalue weighted by molar-refractivity contribution is 0.0433. The van der Waals surface area contributed by atoms with E-state index >= 15 is 0 Å². The van der Waals surface area contributed by atoms with Gasteiger partial charge in [0, 0.05) is 24.2 Å². The van der Waals surface area contributed by atoms with Gasteiger partial charge in [-0.3, -0.25) is 4.79 Å². The van der Waals surface area contributed by atoms with Crippen LogP contribution in [0.5, 0.6) is 0 Å². The molecule has 3 fully saturated rings. The molecule has 2 aromatic heterocycles. The van der Waals surface area contributed by atoms with E-state index in [2.05, 4.69) is 25.0 Å². The smallest absolute Gasteiger partial charge is 0.295 e. The van der Waals surface area contributed by atoms with Crippen molar-refractivity contribution in [2.45, 2.75) is 95.1 Å². The summed E-state index contributed by atoms with van der Waals surface area (Å²) >= 11 is 0. The van der Waals surface area contributed by atoms with Gasteiger partial charge in [0.1, 0.15) is 11.5 Å². The Hall–Kier alpha value is -2.31. The first-order chi connectivity index (χ1) is 14.3. The van der Waals surface area contributed by atoms with Crippen molar-refractivity contribution < 1.29 is 9.32 Å². The molecule has 154 valence electrons. The fourth-order valence-electron chi connectivity index (χ4n) is 4.91. The van der Waals surface area contributed by atoms with Crippen molar-refractivity contribution in [3.63, 3.8) is 0 Å². The van der Waals surface area contributed by atoms with E-state index in [0.717, 1.165) is 44.3 Å². The second-order valence-electron chi connectivity index (χ2n) is 8.79. The molecule has 2 heterocycles. The van der Waals surface area contributed by atoms with Crippen molar-refractivity contribution in [1.82, 2.24) is 25.0 Å². The average Bonchev–Trinajstić information content (AvgIpc) is 3.52. The largest absolute Gasteiger partial charge is 0.332 e. The Morgan fingerprint density at radius 1 is 0.897 bits per heavy atom. The number of hydrogen-bond donors (Lipinski definition) is 0. The van der Waals surface area contributed by atoms with Gasteiger partial charge in [0.05, 0.1) is 0 Å². The minimum Gasteiger partial charge on any atom is -0.332 e. The Morgan fingerprint density at radius 2 is 1.55 bits per heavy atom. The van der Waals surface area contributed by atoms with Gasteiger partial charge in [0.2, 0.25) is 0 Å². The molecule has 0 aromatic carbocycles. The summed E-state index contributed by atoms with van der Waals surface area (Å²) in [5.41, 5.74) is 0.607. The first-order valence-electron chi connectivity index (χ1n) is 11.3. The van der Waals surface area contributed by atoms with Gasteiger partial charge in [0.15, 0.2) is 0 Å². The molecule has 1 amide bonds. The van der Waals surface area contributed by atoms with Gasteiger partial charge in [-0.15, -0.1) is 0 Å². The van der Waals surface area contributed by atoms with Crippen molar-refractivity contribution in [1.29, 1.82) is 0 Å². The maximum atomic E-state index is 13.5. The summed E-state index contributed by atoms with van der Waals surface area (Å²) in [6.45, 7) is 0. The first kappa shape index (κ1) is 18.7. The summed E-state index contributed by atoms with van der Waals surface area (Å²) in [6, 6.07) is 2.39. The van der Waals surface area contributed by atoms with E-state index < -0.39 is 0 Å². The number of carbonyl (C=O) groups is 1. The van der Waals surface area contributed by atoms with E-state index in [1.54, 1.807) is 12.3 Å². The molecule has 5 rings (SSSR count). The predicted molar refractivity (Wildman–Crippen MR) is 107 cm³/mol. The summed E-state index contributed by atoms with van der Waals surface area (Å²) in [5, 5.41) is 4.06. The minimum absolute atomic E-state index is 0.0738. The van der Waals surface area contributed by atoms with Crippen molar-refractivity contribution >= 4 is 5.91 Å². The third-order valence-corrected chi connectivity index (χ3v) is 6.62. The van der Waals surface area contributed by atoms with Crippen LogP contribution in [0.15, 0.2) is 16.8 Å². The SMILES string of the molecule is O=C(c1noc(-c2ccnc(C3CC3)n2)n1)N(C1CCCCC1)C1CCCCC1. The Balaban J connectivity index is 1.39. The molecule has 0 aliphatic heterocycles. The number of aromatic nitrogens is 4. The van der Waals surface area contributed by atoms with Gasteiger partial charge in [-0.1, -0.05) is 43.7 Å². The van der Waals surface area contributed by atoms with E-state index in [1.807, 2.05) is 0 Å². The summed E-state index contributed by atoms with van der Waals surface area (Å²) in [5.74, 6) is 1.69. The molecule has 0 saturated heterocycles. The summed E-state index contributed by atoms with van der Waals surface area (Å²) in [7, 11) is 0. The summed E-state index contributed by atoms with van der Waals surface area (Å²) < 4.78 is 5.45. The predicted octanol–water partition coefficient (Wildman–Crippen LogP) is 4.51. The van der Waals surface area contributed by atoms with Gasteiger partial charge in [-0.2, -0.15) is 4.98 Å².